The molecule has 0 bridgehead atoms. The van der Waals surface area contributed by atoms with Gasteiger partial charge in [0.25, 0.3) is 0 Å². The maximum absolute atomic E-state index is 13.3. The highest BCUT2D eigenvalue weighted by Crippen LogP contribution is 2.37. The van der Waals surface area contributed by atoms with Crippen LogP contribution in [-0.4, -0.2) is 21.1 Å². The van der Waals surface area contributed by atoms with E-state index < -0.39 is 17.3 Å². The lowest BCUT2D eigenvalue weighted by Gasteiger charge is -2.14. The standard InChI is InChI=1S/C16H15FO4/c1-8(2)14-13(19)6-4-10(16(14)21)15(20)9-3-5-12(18)11(17)7-9/h3-8,18-19,21H,1-2H3. The van der Waals surface area contributed by atoms with E-state index in [4.69, 9.17) is 5.11 Å². The molecule has 21 heavy (non-hydrogen) atoms. The highest BCUT2D eigenvalue weighted by Gasteiger charge is 2.21. The molecular formula is C16H15FO4. The quantitative estimate of drug-likeness (QED) is 0.758. The van der Waals surface area contributed by atoms with Crippen molar-refractivity contribution in [2.75, 3.05) is 0 Å². The minimum atomic E-state index is -0.914. The third-order valence-corrected chi connectivity index (χ3v) is 3.23. The van der Waals surface area contributed by atoms with Gasteiger partial charge in [-0.3, -0.25) is 4.79 Å². The van der Waals surface area contributed by atoms with E-state index in [1.54, 1.807) is 13.8 Å². The number of benzene rings is 2. The first-order valence-corrected chi connectivity index (χ1v) is 6.41. The summed E-state index contributed by atoms with van der Waals surface area (Å²) in [6.45, 7) is 3.53. The van der Waals surface area contributed by atoms with Crippen molar-refractivity contribution in [2.24, 2.45) is 0 Å². The van der Waals surface area contributed by atoms with E-state index >= 15 is 0 Å². The van der Waals surface area contributed by atoms with Gasteiger partial charge in [-0.1, -0.05) is 13.8 Å². The number of hydrogen-bond donors (Lipinski definition) is 3. The zero-order chi connectivity index (χ0) is 15.7. The SMILES string of the molecule is CC(C)c1c(O)ccc(C(=O)c2ccc(O)c(F)c2)c1O. The summed E-state index contributed by atoms with van der Waals surface area (Å²) in [5, 5.41) is 29.1. The van der Waals surface area contributed by atoms with Gasteiger partial charge in [0.15, 0.2) is 17.3 Å². The van der Waals surface area contributed by atoms with Crippen LogP contribution in [0.1, 0.15) is 41.3 Å². The summed E-state index contributed by atoms with van der Waals surface area (Å²) in [6.07, 6.45) is 0. The average Bonchev–Trinajstić information content (AvgIpc) is 2.41. The predicted octanol–water partition coefficient (Wildman–Crippen LogP) is 3.30. The molecular weight excluding hydrogens is 275 g/mol. The Balaban J connectivity index is 2.53. The molecule has 0 aliphatic heterocycles. The van der Waals surface area contributed by atoms with Gasteiger partial charge in [0, 0.05) is 11.1 Å². The minimum Gasteiger partial charge on any atom is -0.508 e. The maximum Gasteiger partial charge on any atom is 0.196 e. The van der Waals surface area contributed by atoms with Gasteiger partial charge >= 0.3 is 0 Å². The molecule has 0 unspecified atom stereocenters. The van der Waals surface area contributed by atoms with E-state index in [1.807, 2.05) is 0 Å². The van der Waals surface area contributed by atoms with E-state index in [0.29, 0.717) is 0 Å². The minimum absolute atomic E-state index is 0.000922. The van der Waals surface area contributed by atoms with Crippen LogP contribution in [0.15, 0.2) is 30.3 Å². The Labute approximate surface area is 121 Å². The number of carbonyl (C=O) groups excluding carboxylic acids is 1. The van der Waals surface area contributed by atoms with E-state index in [-0.39, 0.29) is 34.1 Å². The summed E-state index contributed by atoms with van der Waals surface area (Å²) in [6, 6.07) is 5.84. The topological polar surface area (TPSA) is 77.8 Å². The molecule has 0 saturated heterocycles. The molecule has 2 rings (SSSR count). The van der Waals surface area contributed by atoms with Crippen LogP contribution in [0.3, 0.4) is 0 Å². The van der Waals surface area contributed by atoms with E-state index in [1.165, 1.54) is 18.2 Å². The van der Waals surface area contributed by atoms with Crippen molar-refractivity contribution in [1.29, 1.82) is 0 Å². The molecule has 4 nitrogen and oxygen atoms in total. The fourth-order valence-electron chi connectivity index (χ4n) is 2.15. The van der Waals surface area contributed by atoms with Crippen molar-refractivity contribution in [3.8, 4) is 17.2 Å². The smallest absolute Gasteiger partial charge is 0.196 e. The van der Waals surface area contributed by atoms with Gasteiger partial charge in [0.05, 0.1) is 5.56 Å². The van der Waals surface area contributed by atoms with Gasteiger partial charge in [-0.2, -0.15) is 0 Å². The second kappa shape index (κ2) is 5.44. The Morgan fingerprint density at radius 3 is 2.24 bits per heavy atom. The molecule has 0 fully saturated rings. The fraction of sp³-hybridized carbons (Fsp3) is 0.188. The van der Waals surface area contributed by atoms with E-state index in [2.05, 4.69) is 0 Å². The first-order valence-electron chi connectivity index (χ1n) is 6.41. The summed E-state index contributed by atoms with van der Waals surface area (Å²) in [5.74, 6) is -2.66. The molecule has 0 radical (unpaired) electrons. The molecule has 0 spiro atoms. The van der Waals surface area contributed by atoms with Crippen molar-refractivity contribution < 1.29 is 24.5 Å². The van der Waals surface area contributed by atoms with Crippen LogP contribution in [0.4, 0.5) is 4.39 Å². The first-order chi connectivity index (χ1) is 9.82. The van der Waals surface area contributed by atoms with Gasteiger partial charge in [-0.15, -0.1) is 0 Å². The van der Waals surface area contributed by atoms with Crippen LogP contribution >= 0.6 is 0 Å². The molecule has 2 aromatic rings. The summed E-state index contributed by atoms with van der Waals surface area (Å²) >= 11 is 0. The number of aromatic hydroxyl groups is 3. The second-order valence-electron chi connectivity index (χ2n) is 5.04. The maximum atomic E-state index is 13.3. The zero-order valence-corrected chi connectivity index (χ0v) is 11.6. The molecule has 0 atom stereocenters. The van der Waals surface area contributed by atoms with Crippen LogP contribution < -0.4 is 0 Å². The van der Waals surface area contributed by atoms with Gasteiger partial charge in [0.2, 0.25) is 0 Å². The van der Waals surface area contributed by atoms with Crippen molar-refractivity contribution in [3.05, 3.63) is 52.8 Å². The number of rotatable bonds is 3. The lowest BCUT2D eigenvalue weighted by Crippen LogP contribution is -2.04. The largest absolute Gasteiger partial charge is 0.508 e. The Morgan fingerprint density at radius 1 is 1.05 bits per heavy atom. The van der Waals surface area contributed by atoms with Gasteiger partial charge in [0.1, 0.15) is 11.5 Å². The third-order valence-electron chi connectivity index (χ3n) is 3.23. The Kier molecular flexibility index (Phi) is 3.84. The molecule has 0 aliphatic rings. The van der Waals surface area contributed by atoms with Crippen molar-refractivity contribution in [1.82, 2.24) is 0 Å². The number of phenols is 3. The second-order valence-corrected chi connectivity index (χ2v) is 5.04. The average molecular weight is 290 g/mol. The molecule has 2 aromatic carbocycles. The van der Waals surface area contributed by atoms with E-state index in [0.717, 1.165) is 12.1 Å². The normalized spacial score (nSPS) is 10.9. The molecule has 0 aromatic heterocycles. The molecule has 0 saturated carbocycles. The monoisotopic (exact) mass is 290 g/mol. The Bertz CT molecular complexity index is 708. The van der Waals surface area contributed by atoms with Crippen LogP contribution in [-0.2, 0) is 0 Å². The van der Waals surface area contributed by atoms with Crippen molar-refractivity contribution >= 4 is 5.78 Å². The van der Waals surface area contributed by atoms with E-state index in [9.17, 15) is 19.4 Å². The molecule has 3 N–H and O–H groups in total. The first kappa shape index (κ1) is 14.8. The number of phenolic OH excluding ortho intramolecular Hbond substituents is 3. The predicted molar refractivity (Wildman–Crippen MR) is 75.4 cm³/mol. The lowest BCUT2D eigenvalue weighted by atomic mass is 9.94. The molecule has 0 aliphatic carbocycles. The summed E-state index contributed by atoms with van der Waals surface area (Å²) in [5.41, 5.74) is 0.239. The van der Waals surface area contributed by atoms with Crippen LogP contribution in [0.2, 0.25) is 0 Å². The molecule has 110 valence electrons. The molecule has 5 heteroatoms. The van der Waals surface area contributed by atoms with Crippen LogP contribution in [0.25, 0.3) is 0 Å². The summed E-state index contributed by atoms with van der Waals surface area (Å²) in [7, 11) is 0. The van der Waals surface area contributed by atoms with Gasteiger partial charge < -0.3 is 15.3 Å². The zero-order valence-electron chi connectivity index (χ0n) is 11.6. The third kappa shape index (κ3) is 2.67. The lowest BCUT2D eigenvalue weighted by molar-refractivity contribution is 0.103. The molecule has 0 amide bonds. The van der Waals surface area contributed by atoms with Gasteiger partial charge in [-0.25, -0.2) is 4.39 Å². The fourth-order valence-corrected chi connectivity index (χ4v) is 2.15. The summed E-state index contributed by atoms with van der Waals surface area (Å²) in [4.78, 5) is 12.3. The Hall–Kier alpha value is -2.56. The van der Waals surface area contributed by atoms with Crippen LogP contribution in [0, 0.1) is 5.82 Å². The number of ketones is 1. The molecule has 0 heterocycles. The van der Waals surface area contributed by atoms with Crippen molar-refractivity contribution in [3.63, 3.8) is 0 Å². The van der Waals surface area contributed by atoms with Crippen molar-refractivity contribution in [2.45, 2.75) is 19.8 Å². The Morgan fingerprint density at radius 2 is 1.67 bits per heavy atom. The highest BCUT2D eigenvalue weighted by atomic mass is 19.1. The number of hydrogen-bond acceptors (Lipinski definition) is 4. The number of carbonyl (C=O) groups is 1. The van der Waals surface area contributed by atoms with Crippen LogP contribution in [0.5, 0.6) is 17.2 Å². The number of halogens is 1. The summed E-state index contributed by atoms with van der Waals surface area (Å²) < 4.78 is 13.3. The highest BCUT2D eigenvalue weighted by molar-refractivity contribution is 6.11. The van der Waals surface area contributed by atoms with Gasteiger partial charge in [-0.05, 0) is 36.2 Å².